The number of rotatable bonds is 4. The second kappa shape index (κ2) is 6.38. The van der Waals surface area contributed by atoms with Gasteiger partial charge >= 0.3 is 0 Å². The maximum atomic E-state index is 9.51. The molecule has 0 bridgehead atoms. The number of thioether (sulfide) groups is 1. The first-order valence-corrected chi connectivity index (χ1v) is 8.78. The van der Waals surface area contributed by atoms with E-state index < -0.39 is 6.10 Å². The monoisotopic (exact) mass is 362 g/mol. The standard InChI is InChI=1S/C11H11BrN2OS3/c1-6(15)7-3-4-9(8(12)5-7)17-11-14-13-10(16-2)18-11/h3-6,15H,1-2H3/t6-/m0/s1. The van der Waals surface area contributed by atoms with Crippen LogP contribution in [0.4, 0.5) is 0 Å². The number of aliphatic hydroxyl groups excluding tert-OH is 1. The summed E-state index contributed by atoms with van der Waals surface area (Å²) in [7, 11) is 0. The zero-order valence-electron chi connectivity index (χ0n) is 9.75. The van der Waals surface area contributed by atoms with Gasteiger partial charge in [-0.05, 0) is 46.8 Å². The highest BCUT2D eigenvalue weighted by atomic mass is 79.9. The quantitative estimate of drug-likeness (QED) is 0.824. The molecular formula is C11H11BrN2OS3. The molecule has 0 unspecified atom stereocenters. The molecule has 0 saturated carbocycles. The Morgan fingerprint density at radius 1 is 1.33 bits per heavy atom. The highest BCUT2D eigenvalue weighted by Crippen LogP contribution is 2.37. The summed E-state index contributed by atoms with van der Waals surface area (Å²) in [6.07, 6.45) is 1.53. The van der Waals surface area contributed by atoms with Gasteiger partial charge in [0, 0.05) is 9.37 Å². The minimum absolute atomic E-state index is 0.454. The SMILES string of the molecule is CSc1nnc(Sc2ccc([C@H](C)O)cc2Br)s1. The molecule has 0 fully saturated rings. The van der Waals surface area contributed by atoms with Crippen molar-refractivity contribution in [2.75, 3.05) is 6.26 Å². The molecule has 7 heteroatoms. The van der Waals surface area contributed by atoms with Crippen LogP contribution in [0.5, 0.6) is 0 Å². The third-order valence-electron chi connectivity index (χ3n) is 2.20. The highest BCUT2D eigenvalue weighted by molar-refractivity contribution is 9.10. The third kappa shape index (κ3) is 3.48. The molecule has 0 aliphatic carbocycles. The molecule has 0 aliphatic heterocycles. The summed E-state index contributed by atoms with van der Waals surface area (Å²) in [6.45, 7) is 1.75. The molecule has 0 amide bonds. The van der Waals surface area contributed by atoms with Crippen molar-refractivity contribution >= 4 is 50.8 Å². The van der Waals surface area contributed by atoms with Crippen molar-refractivity contribution in [3.63, 3.8) is 0 Å². The van der Waals surface area contributed by atoms with E-state index in [1.54, 1.807) is 41.8 Å². The largest absolute Gasteiger partial charge is 0.389 e. The smallest absolute Gasteiger partial charge is 0.179 e. The topological polar surface area (TPSA) is 46.0 Å². The van der Waals surface area contributed by atoms with Gasteiger partial charge in [0.1, 0.15) is 0 Å². The Hall–Kier alpha value is -0.0800. The number of benzene rings is 1. The second-order valence-electron chi connectivity index (χ2n) is 3.51. The molecule has 0 aliphatic rings. The first kappa shape index (κ1) is 14.3. The zero-order valence-corrected chi connectivity index (χ0v) is 13.8. The maximum absolute atomic E-state index is 9.51. The van der Waals surface area contributed by atoms with E-state index in [1.807, 2.05) is 24.5 Å². The molecule has 1 aromatic carbocycles. The van der Waals surface area contributed by atoms with Gasteiger partial charge in [0.25, 0.3) is 0 Å². The van der Waals surface area contributed by atoms with Gasteiger partial charge in [-0.2, -0.15) is 0 Å². The molecule has 1 aromatic heterocycles. The molecule has 0 radical (unpaired) electrons. The normalized spacial score (nSPS) is 12.7. The number of aromatic nitrogens is 2. The van der Waals surface area contributed by atoms with Crippen molar-refractivity contribution in [1.29, 1.82) is 0 Å². The van der Waals surface area contributed by atoms with Crippen molar-refractivity contribution in [3.05, 3.63) is 28.2 Å². The lowest BCUT2D eigenvalue weighted by molar-refractivity contribution is 0.199. The fraction of sp³-hybridized carbons (Fsp3) is 0.273. The predicted octanol–water partition coefficient (Wildman–Crippen LogP) is 4.23. The molecule has 0 spiro atoms. The van der Waals surface area contributed by atoms with Gasteiger partial charge < -0.3 is 5.11 Å². The van der Waals surface area contributed by atoms with E-state index in [0.717, 1.165) is 23.6 Å². The number of aliphatic hydroxyl groups is 1. The van der Waals surface area contributed by atoms with Crippen LogP contribution in [0.1, 0.15) is 18.6 Å². The maximum Gasteiger partial charge on any atom is 0.179 e. The van der Waals surface area contributed by atoms with Crippen molar-refractivity contribution < 1.29 is 5.11 Å². The minimum Gasteiger partial charge on any atom is -0.389 e. The fourth-order valence-corrected chi connectivity index (χ4v) is 4.31. The summed E-state index contributed by atoms with van der Waals surface area (Å²) in [5, 5.41) is 17.7. The summed E-state index contributed by atoms with van der Waals surface area (Å²) < 4.78 is 2.85. The molecule has 2 aromatic rings. The Bertz CT molecular complexity index is 545. The van der Waals surface area contributed by atoms with Crippen LogP contribution >= 0.6 is 50.8 Å². The number of hydrogen-bond acceptors (Lipinski definition) is 6. The predicted molar refractivity (Wildman–Crippen MR) is 80.6 cm³/mol. The Kier molecular flexibility index (Phi) is 5.08. The molecular weight excluding hydrogens is 352 g/mol. The first-order chi connectivity index (χ1) is 8.60. The van der Waals surface area contributed by atoms with Crippen LogP contribution in [-0.2, 0) is 0 Å². The molecule has 0 saturated heterocycles. The number of halogens is 1. The molecule has 2 rings (SSSR count). The average Bonchev–Trinajstić information content (AvgIpc) is 2.79. The van der Waals surface area contributed by atoms with E-state index >= 15 is 0 Å². The van der Waals surface area contributed by atoms with E-state index in [9.17, 15) is 5.11 Å². The fourth-order valence-electron chi connectivity index (χ4n) is 1.27. The van der Waals surface area contributed by atoms with Gasteiger partial charge in [-0.25, -0.2) is 0 Å². The van der Waals surface area contributed by atoms with Gasteiger partial charge in [-0.3, -0.25) is 0 Å². The lowest BCUT2D eigenvalue weighted by atomic mass is 10.1. The molecule has 18 heavy (non-hydrogen) atoms. The molecule has 1 atom stereocenters. The van der Waals surface area contributed by atoms with Gasteiger partial charge in [-0.15, -0.1) is 10.2 Å². The van der Waals surface area contributed by atoms with E-state index in [4.69, 9.17) is 0 Å². The van der Waals surface area contributed by atoms with Crippen molar-refractivity contribution in [3.8, 4) is 0 Å². The summed E-state index contributed by atoms with van der Waals surface area (Å²) in [5.74, 6) is 0. The van der Waals surface area contributed by atoms with Crippen molar-refractivity contribution in [2.45, 2.75) is 26.6 Å². The van der Waals surface area contributed by atoms with E-state index in [1.165, 1.54) is 0 Å². The van der Waals surface area contributed by atoms with Crippen LogP contribution in [0, 0.1) is 0 Å². The van der Waals surface area contributed by atoms with E-state index in [2.05, 4.69) is 26.1 Å². The third-order valence-corrected chi connectivity index (χ3v) is 6.14. The highest BCUT2D eigenvalue weighted by Gasteiger charge is 2.10. The number of hydrogen-bond donors (Lipinski definition) is 1. The van der Waals surface area contributed by atoms with Crippen LogP contribution in [0.2, 0.25) is 0 Å². The van der Waals surface area contributed by atoms with Crippen LogP contribution in [0.3, 0.4) is 0 Å². The molecule has 1 N–H and O–H groups in total. The Morgan fingerprint density at radius 2 is 2.06 bits per heavy atom. The van der Waals surface area contributed by atoms with Crippen LogP contribution in [-0.4, -0.2) is 21.6 Å². The summed E-state index contributed by atoms with van der Waals surface area (Å²) in [6, 6.07) is 5.84. The van der Waals surface area contributed by atoms with Crippen LogP contribution < -0.4 is 0 Å². The van der Waals surface area contributed by atoms with Crippen molar-refractivity contribution in [1.82, 2.24) is 10.2 Å². The number of nitrogens with zero attached hydrogens (tertiary/aromatic N) is 2. The van der Waals surface area contributed by atoms with Gasteiger partial charge in [0.15, 0.2) is 8.68 Å². The summed E-state index contributed by atoms with van der Waals surface area (Å²) in [4.78, 5) is 1.07. The van der Waals surface area contributed by atoms with Crippen molar-refractivity contribution in [2.24, 2.45) is 0 Å². The van der Waals surface area contributed by atoms with E-state index in [0.29, 0.717) is 0 Å². The van der Waals surface area contributed by atoms with E-state index in [-0.39, 0.29) is 0 Å². The first-order valence-electron chi connectivity index (χ1n) is 5.13. The molecule has 1 heterocycles. The lowest BCUT2D eigenvalue weighted by Gasteiger charge is -2.07. The average molecular weight is 363 g/mol. The minimum atomic E-state index is -0.454. The molecule has 96 valence electrons. The van der Waals surface area contributed by atoms with Crippen LogP contribution in [0.25, 0.3) is 0 Å². The van der Waals surface area contributed by atoms with Crippen LogP contribution in [0.15, 0.2) is 36.2 Å². The lowest BCUT2D eigenvalue weighted by Crippen LogP contribution is -1.90. The van der Waals surface area contributed by atoms with Gasteiger partial charge in [-0.1, -0.05) is 40.9 Å². The van der Waals surface area contributed by atoms with Gasteiger partial charge in [0.2, 0.25) is 0 Å². The summed E-state index contributed by atoms with van der Waals surface area (Å²) >= 11 is 8.27. The Labute approximate surface area is 127 Å². The zero-order chi connectivity index (χ0) is 13.1. The Balaban J connectivity index is 2.19. The summed E-state index contributed by atoms with van der Waals surface area (Å²) in [5.41, 5.74) is 0.897. The Morgan fingerprint density at radius 3 is 2.61 bits per heavy atom. The van der Waals surface area contributed by atoms with Gasteiger partial charge in [0.05, 0.1) is 6.10 Å². The molecule has 3 nitrogen and oxygen atoms in total. The second-order valence-corrected chi connectivity index (χ2v) is 7.68.